The monoisotopic (exact) mass is 145 g/mol. The largest absolute Gasteiger partial charge is 0.368 e. The molecule has 1 aliphatic heterocycles. The summed E-state index contributed by atoms with van der Waals surface area (Å²) in [7, 11) is 0. The Morgan fingerprint density at radius 3 is 2.70 bits per heavy atom. The molecule has 0 unspecified atom stereocenters. The number of amides is 1. The fourth-order valence-electron chi connectivity index (χ4n) is 1.09. The van der Waals surface area contributed by atoms with Gasteiger partial charge in [-0.15, -0.1) is 0 Å². The molecule has 5 N–H and O–H groups in total. The van der Waals surface area contributed by atoms with Gasteiger partial charge in [0.1, 0.15) is 0 Å². The van der Waals surface area contributed by atoms with Gasteiger partial charge >= 0.3 is 0 Å². The first kappa shape index (κ1) is 5.09. The average Bonchev–Trinajstić information content (AvgIpc) is 2.04. The van der Waals surface area contributed by atoms with Crippen LogP contribution in [0.3, 0.4) is 0 Å². The van der Waals surface area contributed by atoms with Gasteiger partial charge in [-0.05, 0) is 25.9 Å². The van der Waals surface area contributed by atoms with Crippen LogP contribution in [0.4, 0.5) is 0 Å². The number of hydrogen-bond donors (Lipinski definition) is 3. The average molecular weight is 145 g/mol. The summed E-state index contributed by atoms with van der Waals surface area (Å²) < 4.78 is 13.6. The first-order chi connectivity index (χ1) is 5.56. The van der Waals surface area contributed by atoms with Crippen LogP contribution in [0, 0.1) is 0 Å². The molecule has 0 radical (unpaired) electrons. The number of rotatable bonds is 1. The molecular formula is C6H13N3O. The fraction of sp³-hybridized carbons (Fsp3) is 0.833. The van der Waals surface area contributed by atoms with Crippen molar-refractivity contribution in [3.63, 3.8) is 0 Å². The zero-order valence-corrected chi connectivity index (χ0v) is 5.76. The molecule has 0 aromatic heterocycles. The smallest absolute Gasteiger partial charge is 0.237 e. The van der Waals surface area contributed by atoms with E-state index in [1.165, 1.54) is 0 Å². The molecule has 1 amide bonds. The van der Waals surface area contributed by atoms with E-state index >= 15 is 0 Å². The van der Waals surface area contributed by atoms with E-state index in [-0.39, 0.29) is 5.72 Å². The standard InChI is InChI=1S/C6H13N3O/c7-5(10)6(8)1-3-9-4-2-6/h9H,1-4,8H2,(H2,7,10)/i/hD2. The van der Waals surface area contributed by atoms with Crippen LogP contribution in [-0.2, 0) is 4.79 Å². The van der Waals surface area contributed by atoms with E-state index in [1.54, 1.807) is 0 Å². The van der Waals surface area contributed by atoms with Crippen molar-refractivity contribution in [3.05, 3.63) is 0 Å². The molecule has 1 saturated heterocycles. The third-order valence-electron chi connectivity index (χ3n) is 1.92. The molecule has 1 fully saturated rings. The van der Waals surface area contributed by atoms with Crippen LogP contribution in [-0.4, -0.2) is 24.5 Å². The van der Waals surface area contributed by atoms with Crippen LogP contribution < -0.4 is 16.8 Å². The van der Waals surface area contributed by atoms with E-state index in [4.69, 9.17) is 8.56 Å². The second kappa shape index (κ2) is 2.56. The summed E-state index contributed by atoms with van der Waals surface area (Å²) >= 11 is 0. The van der Waals surface area contributed by atoms with Gasteiger partial charge in [0, 0.05) is 0 Å². The zero-order chi connectivity index (χ0) is 9.19. The third-order valence-corrected chi connectivity index (χ3v) is 1.92. The van der Waals surface area contributed by atoms with Gasteiger partial charge in [-0.1, -0.05) is 0 Å². The minimum absolute atomic E-state index is 0.0747. The lowest BCUT2D eigenvalue weighted by Gasteiger charge is -2.30. The normalized spacial score (nSPS) is 26.5. The van der Waals surface area contributed by atoms with E-state index in [9.17, 15) is 4.79 Å². The lowest BCUT2D eigenvalue weighted by atomic mass is 9.89. The first-order valence-electron chi connectivity index (χ1n) is 4.28. The molecule has 0 saturated carbocycles. The van der Waals surface area contributed by atoms with Crippen molar-refractivity contribution in [2.75, 3.05) is 13.1 Å². The van der Waals surface area contributed by atoms with Gasteiger partial charge in [0.05, 0.1) is 5.54 Å². The van der Waals surface area contributed by atoms with Gasteiger partial charge in [-0.2, -0.15) is 0 Å². The molecule has 0 aliphatic carbocycles. The van der Waals surface area contributed by atoms with Gasteiger partial charge in [-0.3, -0.25) is 4.79 Å². The number of primary amides is 1. The summed E-state index contributed by atoms with van der Waals surface area (Å²) in [6.45, 7) is 1.35. The molecule has 0 aromatic carbocycles. The highest BCUT2D eigenvalue weighted by Crippen LogP contribution is 2.13. The lowest BCUT2D eigenvalue weighted by molar-refractivity contribution is -0.123. The quantitative estimate of drug-likeness (QED) is 0.422. The van der Waals surface area contributed by atoms with Crippen LogP contribution >= 0.6 is 0 Å². The second-order valence-electron chi connectivity index (χ2n) is 2.71. The van der Waals surface area contributed by atoms with Crippen molar-refractivity contribution in [1.29, 1.82) is 0 Å². The van der Waals surface area contributed by atoms with Crippen molar-refractivity contribution in [2.24, 2.45) is 11.5 Å². The number of nitrogens with two attached hydrogens (primary N) is 2. The Morgan fingerprint density at radius 2 is 2.20 bits per heavy atom. The maximum atomic E-state index is 11.2. The SMILES string of the molecule is [2H]N([2H])C(=O)C1(N)CCNCC1. The molecule has 10 heavy (non-hydrogen) atoms. The minimum Gasteiger partial charge on any atom is -0.368 e. The van der Waals surface area contributed by atoms with Crippen LogP contribution in [0.15, 0.2) is 0 Å². The highest BCUT2D eigenvalue weighted by Gasteiger charge is 2.32. The highest BCUT2D eigenvalue weighted by molar-refractivity contribution is 5.84. The molecule has 0 bridgehead atoms. The van der Waals surface area contributed by atoms with Crippen LogP contribution in [0.2, 0.25) is 2.82 Å². The Hall–Kier alpha value is -0.610. The lowest BCUT2D eigenvalue weighted by Crippen LogP contribution is -2.57. The number of nitrogens with one attached hydrogen (secondary N) is 1. The van der Waals surface area contributed by atoms with Gasteiger partial charge in [0.15, 0.2) is 2.82 Å². The predicted molar refractivity (Wildman–Crippen MR) is 38.2 cm³/mol. The van der Waals surface area contributed by atoms with Gasteiger partial charge in [-0.25, -0.2) is 0 Å². The summed E-state index contributed by atoms with van der Waals surface area (Å²) in [6, 6.07) is 0. The van der Waals surface area contributed by atoms with E-state index in [2.05, 4.69) is 5.32 Å². The van der Waals surface area contributed by atoms with Crippen molar-refractivity contribution in [1.82, 2.24) is 5.32 Å². The molecule has 4 heteroatoms. The molecule has 0 spiro atoms. The summed E-state index contributed by atoms with van der Waals surface area (Å²) in [6.07, 6.45) is 1.00. The Labute approximate surface area is 62.9 Å². The van der Waals surface area contributed by atoms with Crippen LogP contribution in [0.25, 0.3) is 0 Å². The van der Waals surface area contributed by atoms with Gasteiger partial charge in [0.2, 0.25) is 5.91 Å². The first-order valence-corrected chi connectivity index (χ1v) is 3.38. The number of carbonyl (C=O) groups excluding carboxylic acids is 1. The Balaban J connectivity index is 2.62. The Bertz CT molecular complexity index is 180. The second-order valence-corrected chi connectivity index (χ2v) is 2.71. The molecule has 0 atom stereocenters. The van der Waals surface area contributed by atoms with Gasteiger partial charge < -0.3 is 16.8 Å². The Kier molecular flexibility index (Phi) is 1.30. The van der Waals surface area contributed by atoms with Crippen LogP contribution in [0.1, 0.15) is 12.8 Å². The van der Waals surface area contributed by atoms with E-state index < -0.39 is 11.4 Å². The maximum Gasteiger partial charge on any atom is 0.237 e. The van der Waals surface area contributed by atoms with Crippen molar-refractivity contribution < 1.29 is 7.62 Å². The summed E-state index contributed by atoms with van der Waals surface area (Å²) in [5.41, 5.74) is 4.82. The summed E-state index contributed by atoms with van der Waals surface area (Å²) in [4.78, 5) is 11.2. The Morgan fingerprint density at radius 1 is 1.60 bits per heavy atom. The third kappa shape index (κ3) is 1.27. The molecule has 1 heterocycles. The number of carbonyl (C=O) groups is 1. The minimum atomic E-state index is -0.991. The zero-order valence-electron chi connectivity index (χ0n) is 7.76. The molecule has 1 rings (SSSR count). The van der Waals surface area contributed by atoms with E-state index in [0.29, 0.717) is 25.9 Å². The molecule has 4 nitrogen and oxygen atoms in total. The summed E-state index contributed by atoms with van der Waals surface area (Å²) in [5.74, 6) is -0.621. The highest BCUT2D eigenvalue weighted by atomic mass is 16.1. The maximum absolute atomic E-state index is 11.2. The molecular weight excluding hydrogens is 130 g/mol. The van der Waals surface area contributed by atoms with E-state index in [0.717, 1.165) is 0 Å². The van der Waals surface area contributed by atoms with Crippen LogP contribution in [0.5, 0.6) is 0 Å². The fourth-order valence-corrected chi connectivity index (χ4v) is 1.09. The van der Waals surface area contributed by atoms with Gasteiger partial charge in [0.25, 0.3) is 0 Å². The predicted octanol–water partition coefficient (Wildman–Crippen LogP) is -1.45. The van der Waals surface area contributed by atoms with Crippen molar-refractivity contribution in [2.45, 2.75) is 18.4 Å². The number of piperidine rings is 1. The topological polar surface area (TPSA) is 81.1 Å². The molecule has 0 aromatic rings. The number of hydrogen-bond acceptors (Lipinski definition) is 3. The van der Waals surface area contributed by atoms with Crippen molar-refractivity contribution >= 4 is 5.91 Å². The van der Waals surface area contributed by atoms with Crippen molar-refractivity contribution in [3.8, 4) is 0 Å². The molecule has 1 aliphatic rings. The summed E-state index contributed by atoms with van der Waals surface area (Å²) in [5, 5.41) is 3.06. The van der Waals surface area contributed by atoms with E-state index in [1.807, 2.05) is 0 Å². The molecule has 58 valence electrons.